The molecule has 1 aromatic carbocycles. The molecule has 0 saturated heterocycles. The van der Waals surface area contributed by atoms with E-state index in [1.165, 1.54) is 5.01 Å². The minimum absolute atomic E-state index is 0.120. The maximum Gasteiger partial charge on any atom is 0.490 e. The van der Waals surface area contributed by atoms with E-state index < -0.39 is 12.1 Å². The summed E-state index contributed by atoms with van der Waals surface area (Å²) in [7, 11) is 0. The van der Waals surface area contributed by atoms with E-state index in [0.717, 1.165) is 11.2 Å². The van der Waals surface area contributed by atoms with Crippen LogP contribution in [0.2, 0.25) is 0 Å². The number of imidazole rings is 1. The van der Waals surface area contributed by atoms with Crippen LogP contribution in [-0.2, 0) is 4.79 Å². The van der Waals surface area contributed by atoms with E-state index >= 15 is 0 Å². The highest BCUT2D eigenvalue weighted by molar-refractivity contribution is 5.91. The number of halogens is 3. The summed E-state index contributed by atoms with van der Waals surface area (Å²) in [5.74, 6) is 3.27. The fraction of sp³-hybridized carbons (Fsp3) is 0.120. The van der Waals surface area contributed by atoms with Crippen molar-refractivity contribution in [1.82, 2.24) is 24.6 Å². The number of nitrogens with one attached hydrogen (secondary N) is 1. The molecule has 10 nitrogen and oxygen atoms in total. The lowest BCUT2D eigenvalue weighted by Crippen LogP contribution is -2.31. The Hall–Kier alpha value is -5.25. The fourth-order valence-corrected chi connectivity index (χ4v) is 3.36. The summed E-state index contributed by atoms with van der Waals surface area (Å²) in [4.78, 5) is 30.3. The van der Waals surface area contributed by atoms with Crippen molar-refractivity contribution < 1.29 is 27.9 Å². The normalized spacial score (nSPS) is 14.3. The van der Waals surface area contributed by atoms with Gasteiger partial charge in [0.25, 0.3) is 0 Å². The first-order chi connectivity index (χ1) is 18.2. The van der Waals surface area contributed by atoms with Crippen molar-refractivity contribution in [2.24, 2.45) is 5.10 Å². The van der Waals surface area contributed by atoms with Crippen molar-refractivity contribution in [2.75, 3.05) is 5.32 Å². The molecule has 0 fully saturated rings. The summed E-state index contributed by atoms with van der Waals surface area (Å²) in [6.45, 7) is 0. The van der Waals surface area contributed by atoms with Crippen LogP contribution >= 0.6 is 0 Å². The smallest absolute Gasteiger partial charge is 0.475 e. The number of alkyl halides is 3. The third-order valence-electron chi connectivity index (χ3n) is 5.07. The second-order valence-corrected chi connectivity index (χ2v) is 7.65. The molecule has 4 aromatic rings. The van der Waals surface area contributed by atoms with Crippen LogP contribution in [0.4, 0.5) is 23.7 Å². The van der Waals surface area contributed by atoms with Gasteiger partial charge in [-0.2, -0.15) is 23.4 Å². The number of carboxylic acid groups (broad SMARTS) is 1. The Morgan fingerprint density at radius 3 is 2.53 bits per heavy atom. The highest BCUT2D eigenvalue weighted by Crippen LogP contribution is 2.28. The molecular formula is C25H18F3N7O3. The molecule has 0 saturated carbocycles. The Morgan fingerprint density at radius 2 is 1.79 bits per heavy atom. The number of hydrogen-bond donors (Lipinski definition) is 2. The number of pyridine rings is 1. The summed E-state index contributed by atoms with van der Waals surface area (Å²) in [5, 5.41) is 20.0. The van der Waals surface area contributed by atoms with Crippen LogP contribution in [0, 0.1) is 11.8 Å². The average Bonchev–Trinajstić information content (AvgIpc) is 3.56. The number of aliphatic carboxylic acids is 1. The zero-order valence-corrected chi connectivity index (χ0v) is 19.4. The minimum Gasteiger partial charge on any atom is -0.475 e. The Morgan fingerprint density at radius 1 is 1.03 bits per heavy atom. The van der Waals surface area contributed by atoms with Crippen molar-refractivity contribution in [3.8, 4) is 11.8 Å². The predicted octanol–water partition coefficient (Wildman–Crippen LogP) is 4.12. The molecule has 38 heavy (non-hydrogen) atoms. The van der Waals surface area contributed by atoms with Crippen LogP contribution in [0.25, 0.3) is 5.65 Å². The monoisotopic (exact) mass is 521 g/mol. The van der Waals surface area contributed by atoms with Gasteiger partial charge in [0.2, 0.25) is 0 Å². The van der Waals surface area contributed by atoms with Gasteiger partial charge in [0.15, 0.2) is 5.65 Å². The van der Waals surface area contributed by atoms with Gasteiger partial charge in [0.1, 0.15) is 11.4 Å². The standard InChI is InChI=1S/C23H17N7O.C2HF3O2/c31-23(30-21(11-14-27-30)17-5-2-1-3-6-17)28-19-10-13-24-18(15-19)8-9-20-16-25-22-7-4-12-26-29(20)22;3-2(4,5)1(6)7/h1-7,10,12-16,21H,11H2,(H,24,28,31);(H,6,7)/t21-;/m0./s1. The molecule has 2 N–H and O–H groups in total. The summed E-state index contributed by atoms with van der Waals surface area (Å²) in [6, 6.07) is 16.5. The minimum atomic E-state index is -5.08. The van der Waals surface area contributed by atoms with Crippen molar-refractivity contribution in [1.29, 1.82) is 0 Å². The Bertz CT molecular complexity index is 1540. The quantitative estimate of drug-likeness (QED) is 0.383. The first-order valence-corrected chi connectivity index (χ1v) is 11.0. The number of carbonyl (C=O) groups is 2. The second-order valence-electron chi connectivity index (χ2n) is 7.65. The van der Waals surface area contributed by atoms with Gasteiger partial charge in [-0.15, -0.1) is 0 Å². The average molecular weight is 521 g/mol. The van der Waals surface area contributed by atoms with Gasteiger partial charge in [0.05, 0.1) is 12.2 Å². The Kier molecular flexibility index (Phi) is 7.62. The molecule has 1 atom stereocenters. The lowest BCUT2D eigenvalue weighted by molar-refractivity contribution is -0.192. The number of amides is 2. The molecule has 0 radical (unpaired) electrons. The SMILES string of the molecule is O=C(Nc1ccnc(C#Cc2cnc3cccnn23)c1)N1N=CC[C@H]1c1ccccc1.O=C(O)C(F)(F)F. The molecule has 4 heterocycles. The zero-order chi connectivity index (χ0) is 27.1. The number of urea groups is 1. The third-order valence-corrected chi connectivity index (χ3v) is 5.07. The van der Waals surface area contributed by atoms with E-state index in [-0.39, 0.29) is 12.1 Å². The summed E-state index contributed by atoms with van der Waals surface area (Å²) >= 11 is 0. The van der Waals surface area contributed by atoms with Crippen LogP contribution in [-0.4, -0.2) is 54.1 Å². The number of nitrogens with zero attached hydrogens (tertiary/aromatic N) is 6. The van der Waals surface area contributed by atoms with E-state index in [1.807, 2.05) is 42.5 Å². The number of fused-ring (bicyclic) bond motifs is 1. The summed E-state index contributed by atoms with van der Waals surface area (Å²) in [5.41, 5.74) is 3.53. The molecule has 0 aliphatic carbocycles. The number of benzene rings is 1. The van der Waals surface area contributed by atoms with E-state index in [2.05, 4.69) is 37.3 Å². The van der Waals surface area contributed by atoms with Crippen molar-refractivity contribution in [2.45, 2.75) is 18.6 Å². The van der Waals surface area contributed by atoms with Crippen LogP contribution in [0.15, 0.2) is 78.3 Å². The number of aromatic nitrogens is 4. The molecular weight excluding hydrogens is 503 g/mol. The number of hydrogen-bond acceptors (Lipinski definition) is 6. The van der Waals surface area contributed by atoms with Gasteiger partial charge >= 0.3 is 18.2 Å². The van der Waals surface area contributed by atoms with E-state index in [0.29, 0.717) is 23.5 Å². The predicted molar refractivity (Wildman–Crippen MR) is 130 cm³/mol. The molecule has 1 aliphatic rings. The number of hydrazone groups is 1. The molecule has 5 rings (SSSR count). The van der Waals surface area contributed by atoms with Gasteiger partial charge in [0, 0.05) is 30.7 Å². The number of anilines is 1. The van der Waals surface area contributed by atoms with Gasteiger partial charge in [-0.3, -0.25) is 0 Å². The molecule has 0 spiro atoms. The number of carboxylic acids is 1. The molecule has 192 valence electrons. The van der Waals surface area contributed by atoms with Gasteiger partial charge in [-0.25, -0.2) is 29.1 Å². The van der Waals surface area contributed by atoms with Gasteiger partial charge < -0.3 is 10.4 Å². The molecule has 0 bridgehead atoms. The van der Waals surface area contributed by atoms with E-state index in [9.17, 15) is 18.0 Å². The van der Waals surface area contributed by atoms with E-state index in [1.54, 1.807) is 41.5 Å². The zero-order valence-electron chi connectivity index (χ0n) is 19.4. The second kappa shape index (κ2) is 11.2. The largest absolute Gasteiger partial charge is 0.490 e. The molecule has 1 aliphatic heterocycles. The van der Waals surface area contributed by atoms with Crippen LogP contribution < -0.4 is 5.32 Å². The van der Waals surface area contributed by atoms with Crippen molar-refractivity contribution in [3.63, 3.8) is 0 Å². The van der Waals surface area contributed by atoms with Crippen LogP contribution in [0.1, 0.15) is 29.4 Å². The lowest BCUT2D eigenvalue weighted by atomic mass is 10.1. The Balaban J connectivity index is 0.000000426. The van der Waals surface area contributed by atoms with Crippen molar-refractivity contribution >= 4 is 29.5 Å². The van der Waals surface area contributed by atoms with Crippen molar-refractivity contribution in [3.05, 3.63) is 90.1 Å². The van der Waals surface area contributed by atoms with Gasteiger partial charge in [-0.1, -0.05) is 30.3 Å². The van der Waals surface area contributed by atoms with Crippen LogP contribution in [0.5, 0.6) is 0 Å². The summed E-state index contributed by atoms with van der Waals surface area (Å²) < 4.78 is 33.4. The molecule has 0 unspecified atom stereocenters. The highest BCUT2D eigenvalue weighted by atomic mass is 19.4. The maximum atomic E-state index is 12.8. The van der Waals surface area contributed by atoms with Crippen LogP contribution in [0.3, 0.4) is 0 Å². The number of rotatable bonds is 2. The first-order valence-electron chi connectivity index (χ1n) is 11.0. The Labute approximate surface area is 213 Å². The topological polar surface area (TPSA) is 125 Å². The highest BCUT2D eigenvalue weighted by Gasteiger charge is 2.38. The fourth-order valence-electron chi connectivity index (χ4n) is 3.36. The molecule has 2 amide bonds. The lowest BCUT2D eigenvalue weighted by Gasteiger charge is -2.22. The van der Waals surface area contributed by atoms with Gasteiger partial charge in [-0.05, 0) is 41.7 Å². The molecule has 13 heteroatoms. The number of carbonyl (C=O) groups excluding carboxylic acids is 1. The third kappa shape index (κ3) is 6.30. The molecule has 3 aromatic heterocycles. The summed E-state index contributed by atoms with van der Waals surface area (Å²) in [6.07, 6.45) is 2.30. The maximum absolute atomic E-state index is 12.8. The first kappa shape index (κ1) is 25.8. The van der Waals surface area contributed by atoms with E-state index in [4.69, 9.17) is 9.90 Å².